The fraction of sp³-hybridized carbons (Fsp3) is 0.133. The number of carbonyl (C=O) groups is 1. The standard InChI is InChI=1S/C15H12BrNO2S2/c16-12-6-14(21-10-12)15(18)17(7-11-3-5-20-9-11)8-13-2-1-4-19-13/h1-6,9-10H,7-8H2. The maximum atomic E-state index is 12.7. The quantitative estimate of drug-likeness (QED) is 0.622. The molecule has 0 aliphatic rings. The first-order chi connectivity index (χ1) is 10.2. The number of halogens is 1. The van der Waals surface area contributed by atoms with E-state index >= 15 is 0 Å². The van der Waals surface area contributed by atoms with Gasteiger partial charge in [0.1, 0.15) is 5.76 Å². The lowest BCUT2D eigenvalue weighted by Gasteiger charge is -2.20. The van der Waals surface area contributed by atoms with Gasteiger partial charge in [0.15, 0.2) is 0 Å². The number of furan rings is 1. The Morgan fingerprint density at radius 2 is 2.19 bits per heavy atom. The minimum absolute atomic E-state index is 0.0216. The van der Waals surface area contributed by atoms with Crippen LogP contribution in [0.5, 0.6) is 0 Å². The van der Waals surface area contributed by atoms with Gasteiger partial charge >= 0.3 is 0 Å². The Bertz CT molecular complexity index is 668. The van der Waals surface area contributed by atoms with Gasteiger partial charge in [0.05, 0.1) is 17.7 Å². The second kappa shape index (κ2) is 6.60. The van der Waals surface area contributed by atoms with Crippen molar-refractivity contribution in [2.45, 2.75) is 13.1 Å². The molecule has 3 nitrogen and oxygen atoms in total. The van der Waals surface area contributed by atoms with Crippen molar-refractivity contribution >= 4 is 44.5 Å². The highest BCUT2D eigenvalue weighted by molar-refractivity contribution is 9.10. The predicted octanol–water partition coefficient (Wildman–Crippen LogP) is 5.01. The largest absolute Gasteiger partial charge is 0.467 e. The van der Waals surface area contributed by atoms with E-state index in [1.165, 1.54) is 11.3 Å². The topological polar surface area (TPSA) is 33.5 Å². The molecule has 108 valence electrons. The van der Waals surface area contributed by atoms with Gasteiger partial charge in [-0.1, -0.05) is 0 Å². The molecule has 6 heteroatoms. The maximum Gasteiger partial charge on any atom is 0.264 e. The van der Waals surface area contributed by atoms with Crippen molar-refractivity contribution in [2.75, 3.05) is 0 Å². The first-order valence-corrected chi connectivity index (χ1v) is 8.90. The summed E-state index contributed by atoms with van der Waals surface area (Å²) in [4.78, 5) is 15.2. The van der Waals surface area contributed by atoms with Crippen LogP contribution in [0.1, 0.15) is 21.0 Å². The molecule has 3 aromatic rings. The Morgan fingerprint density at radius 1 is 1.29 bits per heavy atom. The van der Waals surface area contributed by atoms with Gasteiger partial charge in [-0.2, -0.15) is 11.3 Å². The zero-order valence-electron chi connectivity index (χ0n) is 11.0. The van der Waals surface area contributed by atoms with Crippen molar-refractivity contribution in [2.24, 2.45) is 0 Å². The van der Waals surface area contributed by atoms with Crippen molar-refractivity contribution in [3.8, 4) is 0 Å². The number of hydrogen-bond donors (Lipinski definition) is 0. The van der Waals surface area contributed by atoms with Crippen LogP contribution in [0.15, 0.2) is 55.6 Å². The second-order valence-corrected chi connectivity index (χ2v) is 7.11. The molecule has 0 saturated carbocycles. The molecule has 21 heavy (non-hydrogen) atoms. The van der Waals surface area contributed by atoms with Crippen LogP contribution in [0.25, 0.3) is 0 Å². The third kappa shape index (κ3) is 3.64. The van der Waals surface area contributed by atoms with Crippen LogP contribution in [0.4, 0.5) is 0 Å². The van der Waals surface area contributed by atoms with Gasteiger partial charge in [-0.25, -0.2) is 0 Å². The Labute approximate surface area is 139 Å². The summed E-state index contributed by atoms with van der Waals surface area (Å²) in [5, 5.41) is 6.00. The number of nitrogens with zero attached hydrogens (tertiary/aromatic N) is 1. The summed E-state index contributed by atoms with van der Waals surface area (Å²) in [5.74, 6) is 0.808. The zero-order chi connectivity index (χ0) is 14.7. The number of rotatable bonds is 5. The number of hydrogen-bond acceptors (Lipinski definition) is 4. The summed E-state index contributed by atoms with van der Waals surface area (Å²) in [6.45, 7) is 1.05. The van der Waals surface area contributed by atoms with Crippen molar-refractivity contribution in [1.29, 1.82) is 0 Å². The van der Waals surface area contributed by atoms with E-state index in [0.29, 0.717) is 13.1 Å². The average Bonchev–Trinajstić information content (AvgIpc) is 3.19. The fourth-order valence-corrected chi connectivity index (χ4v) is 4.03. The van der Waals surface area contributed by atoms with Crippen molar-refractivity contribution in [3.05, 3.63) is 67.3 Å². The number of amides is 1. The highest BCUT2D eigenvalue weighted by Gasteiger charge is 2.19. The molecule has 0 bridgehead atoms. The van der Waals surface area contributed by atoms with E-state index in [4.69, 9.17) is 4.42 Å². The van der Waals surface area contributed by atoms with Gasteiger partial charge in [-0.05, 0) is 56.5 Å². The van der Waals surface area contributed by atoms with Gasteiger partial charge in [0.2, 0.25) is 0 Å². The van der Waals surface area contributed by atoms with E-state index in [0.717, 1.165) is 20.7 Å². The lowest BCUT2D eigenvalue weighted by molar-refractivity contribution is 0.0723. The van der Waals surface area contributed by atoms with Crippen LogP contribution in [0.3, 0.4) is 0 Å². The molecule has 3 aromatic heterocycles. The van der Waals surface area contributed by atoms with Gasteiger partial charge in [0, 0.05) is 16.4 Å². The van der Waals surface area contributed by atoms with E-state index in [2.05, 4.69) is 21.3 Å². The SMILES string of the molecule is O=C(c1cc(Br)cs1)N(Cc1ccsc1)Cc1ccco1. The van der Waals surface area contributed by atoms with E-state index in [9.17, 15) is 4.79 Å². The molecule has 0 aromatic carbocycles. The summed E-state index contributed by atoms with van der Waals surface area (Å²) in [6, 6.07) is 7.62. The molecule has 0 fully saturated rings. The molecule has 0 aliphatic heterocycles. The molecular weight excluding hydrogens is 370 g/mol. The Morgan fingerprint density at radius 3 is 2.81 bits per heavy atom. The highest BCUT2D eigenvalue weighted by Crippen LogP contribution is 2.23. The van der Waals surface area contributed by atoms with E-state index in [-0.39, 0.29) is 5.91 Å². The van der Waals surface area contributed by atoms with Crippen LogP contribution in [0.2, 0.25) is 0 Å². The fourth-order valence-electron chi connectivity index (χ4n) is 1.97. The minimum atomic E-state index is 0.0216. The predicted molar refractivity (Wildman–Crippen MR) is 88.6 cm³/mol. The Balaban J connectivity index is 1.82. The molecule has 0 radical (unpaired) electrons. The van der Waals surface area contributed by atoms with Gasteiger partial charge in [-0.15, -0.1) is 11.3 Å². The van der Waals surface area contributed by atoms with E-state index in [1.54, 1.807) is 22.5 Å². The smallest absolute Gasteiger partial charge is 0.264 e. The number of thiophene rings is 2. The first kappa shape index (κ1) is 14.6. The van der Waals surface area contributed by atoms with Crippen LogP contribution >= 0.6 is 38.6 Å². The van der Waals surface area contributed by atoms with Crippen LogP contribution in [0, 0.1) is 0 Å². The second-order valence-electron chi connectivity index (χ2n) is 4.50. The van der Waals surface area contributed by atoms with Gasteiger partial charge < -0.3 is 9.32 Å². The molecule has 0 N–H and O–H groups in total. The molecule has 3 heterocycles. The van der Waals surface area contributed by atoms with Crippen molar-refractivity contribution in [1.82, 2.24) is 4.90 Å². The maximum absolute atomic E-state index is 12.7. The molecule has 3 rings (SSSR count). The highest BCUT2D eigenvalue weighted by atomic mass is 79.9. The van der Waals surface area contributed by atoms with Crippen LogP contribution in [-0.2, 0) is 13.1 Å². The average molecular weight is 382 g/mol. The molecular formula is C15H12BrNO2S2. The molecule has 0 saturated heterocycles. The summed E-state index contributed by atoms with van der Waals surface area (Å²) in [5.41, 5.74) is 1.13. The summed E-state index contributed by atoms with van der Waals surface area (Å²) >= 11 is 6.47. The van der Waals surface area contributed by atoms with Crippen LogP contribution < -0.4 is 0 Å². The van der Waals surface area contributed by atoms with Gasteiger partial charge in [0.25, 0.3) is 5.91 Å². The monoisotopic (exact) mass is 381 g/mol. The van der Waals surface area contributed by atoms with Crippen molar-refractivity contribution in [3.63, 3.8) is 0 Å². The van der Waals surface area contributed by atoms with Crippen LogP contribution in [-0.4, -0.2) is 10.8 Å². The first-order valence-electron chi connectivity index (χ1n) is 6.29. The minimum Gasteiger partial charge on any atom is -0.467 e. The molecule has 0 unspecified atom stereocenters. The zero-order valence-corrected chi connectivity index (χ0v) is 14.2. The third-order valence-corrected chi connectivity index (χ3v) is 5.36. The van der Waals surface area contributed by atoms with E-state index in [1.807, 2.05) is 35.0 Å². The van der Waals surface area contributed by atoms with E-state index < -0.39 is 0 Å². The summed E-state index contributed by atoms with van der Waals surface area (Å²) in [6.07, 6.45) is 1.63. The lowest BCUT2D eigenvalue weighted by Crippen LogP contribution is -2.29. The molecule has 1 amide bonds. The summed E-state index contributed by atoms with van der Waals surface area (Å²) in [7, 11) is 0. The third-order valence-electron chi connectivity index (χ3n) is 2.95. The molecule has 0 spiro atoms. The molecule has 0 aliphatic carbocycles. The normalized spacial score (nSPS) is 10.7. The number of carbonyl (C=O) groups excluding carboxylic acids is 1. The Hall–Kier alpha value is -1.37. The van der Waals surface area contributed by atoms with Gasteiger partial charge in [-0.3, -0.25) is 4.79 Å². The Kier molecular flexibility index (Phi) is 4.57. The lowest BCUT2D eigenvalue weighted by atomic mass is 10.2. The molecule has 0 atom stereocenters. The van der Waals surface area contributed by atoms with Crippen molar-refractivity contribution < 1.29 is 9.21 Å². The summed E-state index contributed by atoms with van der Waals surface area (Å²) < 4.78 is 6.31.